The molecule has 142 valence electrons. The maximum absolute atomic E-state index is 12.3. The van der Waals surface area contributed by atoms with Gasteiger partial charge in [-0.2, -0.15) is 0 Å². The molecule has 0 atom stereocenters. The van der Waals surface area contributed by atoms with E-state index < -0.39 is 0 Å². The van der Waals surface area contributed by atoms with Crippen LogP contribution in [0.15, 0.2) is 54.7 Å². The highest BCUT2D eigenvalue weighted by Gasteiger charge is 2.21. The number of carbonyl (C=O) groups excluding carboxylic acids is 2. The molecule has 0 spiro atoms. The van der Waals surface area contributed by atoms with Gasteiger partial charge in [-0.1, -0.05) is 24.3 Å². The second-order valence-corrected chi connectivity index (χ2v) is 6.26. The van der Waals surface area contributed by atoms with E-state index in [1.165, 1.54) is 0 Å². The summed E-state index contributed by atoms with van der Waals surface area (Å²) in [7, 11) is 0. The van der Waals surface area contributed by atoms with E-state index in [-0.39, 0.29) is 18.4 Å². The first-order valence-electron chi connectivity index (χ1n) is 9.10. The number of piperazine rings is 1. The Labute approximate surface area is 158 Å². The van der Waals surface area contributed by atoms with Gasteiger partial charge in [0.25, 0.3) is 5.91 Å². The zero-order chi connectivity index (χ0) is 18.9. The molecule has 0 bridgehead atoms. The molecule has 0 radical (unpaired) electrons. The van der Waals surface area contributed by atoms with Crippen LogP contribution in [-0.2, 0) is 9.59 Å². The number of para-hydroxylation sites is 1. The number of benzene rings is 1. The molecule has 1 aliphatic heterocycles. The van der Waals surface area contributed by atoms with E-state index >= 15 is 0 Å². The van der Waals surface area contributed by atoms with Gasteiger partial charge in [-0.15, -0.1) is 0 Å². The zero-order valence-electron chi connectivity index (χ0n) is 15.2. The van der Waals surface area contributed by atoms with Crippen molar-refractivity contribution in [3.8, 4) is 5.75 Å². The van der Waals surface area contributed by atoms with Crippen LogP contribution in [0.3, 0.4) is 0 Å². The van der Waals surface area contributed by atoms with Gasteiger partial charge in [0.2, 0.25) is 5.91 Å². The highest BCUT2D eigenvalue weighted by molar-refractivity contribution is 5.80. The maximum Gasteiger partial charge on any atom is 0.257 e. The van der Waals surface area contributed by atoms with Crippen LogP contribution in [0.5, 0.6) is 5.75 Å². The van der Waals surface area contributed by atoms with E-state index in [2.05, 4.69) is 15.2 Å². The number of hydrogen-bond acceptors (Lipinski definition) is 5. The van der Waals surface area contributed by atoms with Gasteiger partial charge in [0.1, 0.15) is 11.6 Å². The smallest absolute Gasteiger partial charge is 0.257 e. The SMILES string of the molecule is O=C(COc1ccccc1)NCCC(=O)N1CCN(c2ccccn2)CC1. The number of carbonyl (C=O) groups is 2. The quantitative estimate of drug-likeness (QED) is 0.798. The number of anilines is 1. The first-order valence-corrected chi connectivity index (χ1v) is 9.10. The molecule has 2 amide bonds. The van der Waals surface area contributed by atoms with Crippen molar-refractivity contribution in [1.82, 2.24) is 15.2 Å². The molecule has 1 N–H and O–H groups in total. The molecule has 1 aliphatic rings. The van der Waals surface area contributed by atoms with Crippen LogP contribution in [0, 0.1) is 0 Å². The third-order valence-electron chi connectivity index (χ3n) is 4.38. The summed E-state index contributed by atoms with van der Waals surface area (Å²) in [6, 6.07) is 15.0. The van der Waals surface area contributed by atoms with Crippen molar-refractivity contribution in [2.24, 2.45) is 0 Å². The average molecular weight is 368 g/mol. The lowest BCUT2D eigenvalue weighted by molar-refractivity contribution is -0.131. The minimum Gasteiger partial charge on any atom is -0.484 e. The Morgan fingerprint density at radius 1 is 1.00 bits per heavy atom. The van der Waals surface area contributed by atoms with Crippen LogP contribution in [0.4, 0.5) is 5.82 Å². The lowest BCUT2D eigenvalue weighted by Gasteiger charge is -2.35. The van der Waals surface area contributed by atoms with Crippen molar-refractivity contribution in [3.05, 3.63) is 54.7 Å². The molecule has 7 nitrogen and oxygen atoms in total. The second kappa shape index (κ2) is 9.56. The van der Waals surface area contributed by atoms with E-state index in [0.29, 0.717) is 31.8 Å². The number of amides is 2. The average Bonchev–Trinajstić information content (AvgIpc) is 2.74. The third kappa shape index (κ3) is 5.70. The lowest BCUT2D eigenvalue weighted by Crippen LogP contribution is -2.49. The number of rotatable bonds is 7. The van der Waals surface area contributed by atoms with Gasteiger partial charge in [-0.05, 0) is 24.3 Å². The van der Waals surface area contributed by atoms with Crippen LogP contribution in [0.1, 0.15) is 6.42 Å². The van der Waals surface area contributed by atoms with E-state index in [0.717, 1.165) is 18.9 Å². The molecule has 1 aromatic carbocycles. The highest BCUT2D eigenvalue weighted by Crippen LogP contribution is 2.13. The minimum atomic E-state index is -0.230. The van der Waals surface area contributed by atoms with Gasteiger partial charge in [-0.3, -0.25) is 9.59 Å². The molecular formula is C20H24N4O3. The van der Waals surface area contributed by atoms with Crippen LogP contribution in [0.25, 0.3) is 0 Å². The summed E-state index contributed by atoms with van der Waals surface area (Å²) in [5.41, 5.74) is 0. The molecular weight excluding hydrogens is 344 g/mol. The number of ether oxygens (including phenoxy) is 1. The first kappa shape index (κ1) is 18.7. The largest absolute Gasteiger partial charge is 0.484 e. The van der Waals surface area contributed by atoms with Crippen molar-refractivity contribution >= 4 is 17.6 Å². The molecule has 0 aliphatic carbocycles. The van der Waals surface area contributed by atoms with Gasteiger partial charge in [0.05, 0.1) is 0 Å². The van der Waals surface area contributed by atoms with E-state index in [9.17, 15) is 9.59 Å². The monoisotopic (exact) mass is 368 g/mol. The van der Waals surface area contributed by atoms with Crippen molar-refractivity contribution in [2.45, 2.75) is 6.42 Å². The Balaban J connectivity index is 1.32. The van der Waals surface area contributed by atoms with Crippen molar-refractivity contribution in [2.75, 3.05) is 44.2 Å². The molecule has 3 rings (SSSR count). The van der Waals surface area contributed by atoms with Crippen LogP contribution >= 0.6 is 0 Å². The van der Waals surface area contributed by atoms with Crippen LogP contribution < -0.4 is 15.0 Å². The highest BCUT2D eigenvalue weighted by atomic mass is 16.5. The molecule has 7 heteroatoms. The van der Waals surface area contributed by atoms with Crippen molar-refractivity contribution < 1.29 is 14.3 Å². The summed E-state index contributed by atoms with van der Waals surface area (Å²) in [6.07, 6.45) is 2.07. The fourth-order valence-electron chi connectivity index (χ4n) is 2.91. The molecule has 2 aromatic rings. The molecule has 2 heterocycles. The third-order valence-corrected chi connectivity index (χ3v) is 4.38. The summed E-state index contributed by atoms with van der Waals surface area (Å²) in [4.78, 5) is 32.5. The number of nitrogens with one attached hydrogen (secondary N) is 1. The Morgan fingerprint density at radius 2 is 1.74 bits per heavy atom. The van der Waals surface area contributed by atoms with E-state index in [4.69, 9.17) is 4.74 Å². The summed E-state index contributed by atoms with van der Waals surface area (Å²) in [5.74, 6) is 1.41. The predicted molar refractivity (Wildman–Crippen MR) is 103 cm³/mol. The van der Waals surface area contributed by atoms with E-state index in [1.807, 2.05) is 41.3 Å². The molecule has 0 saturated carbocycles. The van der Waals surface area contributed by atoms with Crippen molar-refractivity contribution in [3.63, 3.8) is 0 Å². The Bertz CT molecular complexity index is 731. The molecule has 1 fully saturated rings. The Hall–Kier alpha value is -3.09. The standard InChI is InChI=1S/C20H24N4O3/c25-19(16-27-17-6-2-1-3-7-17)22-11-9-20(26)24-14-12-23(13-15-24)18-8-4-5-10-21-18/h1-8,10H,9,11-16H2,(H,22,25). The topological polar surface area (TPSA) is 74.8 Å². The number of hydrogen-bond donors (Lipinski definition) is 1. The summed E-state index contributed by atoms with van der Waals surface area (Å²) in [5, 5.41) is 2.73. The van der Waals surface area contributed by atoms with Crippen LogP contribution in [0.2, 0.25) is 0 Å². The van der Waals surface area contributed by atoms with Crippen molar-refractivity contribution in [1.29, 1.82) is 0 Å². The first-order chi connectivity index (χ1) is 13.2. The zero-order valence-corrected chi connectivity index (χ0v) is 15.2. The normalized spacial score (nSPS) is 13.9. The Morgan fingerprint density at radius 3 is 2.44 bits per heavy atom. The van der Waals surface area contributed by atoms with Crippen LogP contribution in [-0.4, -0.2) is 61.0 Å². The van der Waals surface area contributed by atoms with Gasteiger partial charge >= 0.3 is 0 Å². The van der Waals surface area contributed by atoms with Gasteiger partial charge in [0, 0.05) is 45.3 Å². The molecule has 27 heavy (non-hydrogen) atoms. The maximum atomic E-state index is 12.3. The fourth-order valence-corrected chi connectivity index (χ4v) is 2.91. The molecule has 1 aromatic heterocycles. The number of aromatic nitrogens is 1. The second-order valence-electron chi connectivity index (χ2n) is 6.26. The van der Waals surface area contributed by atoms with Gasteiger partial charge in [-0.25, -0.2) is 4.98 Å². The summed E-state index contributed by atoms with van der Waals surface area (Å²) >= 11 is 0. The summed E-state index contributed by atoms with van der Waals surface area (Å²) < 4.78 is 5.38. The van der Waals surface area contributed by atoms with Gasteiger partial charge in [0.15, 0.2) is 6.61 Å². The summed E-state index contributed by atoms with van der Waals surface area (Å²) in [6.45, 7) is 3.12. The lowest BCUT2D eigenvalue weighted by atomic mass is 10.2. The number of nitrogens with zero attached hydrogens (tertiary/aromatic N) is 3. The fraction of sp³-hybridized carbons (Fsp3) is 0.350. The Kier molecular flexibility index (Phi) is 6.62. The van der Waals surface area contributed by atoms with Gasteiger partial charge < -0.3 is 19.9 Å². The number of pyridine rings is 1. The molecule has 1 saturated heterocycles. The minimum absolute atomic E-state index is 0.0546. The van der Waals surface area contributed by atoms with E-state index in [1.54, 1.807) is 18.3 Å². The molecule has 0 unspecified atom stereocenters. The predicted octanol–water partition coefficient (Wildman–Crippen LogP) is 1.32.